The van der Waals surface area contributed by atoms with Crippen LogP contribution < -0.4 is 16.6 Å². The molecule has 2 N–H and O–H groups in total. The van der Waals surface area contributed by atoms with Crippen LogP contribution in [0.5, 0.6) is 0 Å². The lowest BCUT2D eigenvalue weighted by Gasteiger charge is -2.20. The van der Waals surface area contributed by atoms with Crippen molar-refractivity contribution in [1.29, 1.82) is 0 Å². The Morgan fingerprint density at radius 3 is 2.50 bits per heavy atom. The van der Waals surface area contributed by atoms with Gasteiger partial charge in [-0.1, -0.05) is 0 Å². The van der Waals surface area contributed by atoms with Crippen LogP contribution in [0.2, 0.25) is 0 Å². The zero-order valence-corrected chi connectivity index (χ0v) is 9.13. The molecular weight excluding hydrogens is 217 g/mol. The second kappa shape index (κ2) is 3.92. The van der Waals surface area contributed by atoms with Gasteiger partial charge >= 0.3 is 11.7 Å². The van der Waals surface area contributed by atoms with Gasteiger partial charge in [0.2, 0.25) is 5.82 Å². The average molecular weight is 229 g/mol. The van der Waals surface area contributed by atoms with Crippen molar-refractivity contribution in [3.63, 3.8) is 0 Å². The number of aromatic amines is 1. The van der Waals surface area contributed by atoms with Gasteiger partial charge in [0.1, 0.15) is 0 Å². The molecule has 0 saturated carbocycles. The van der Waals surface area contributed by atoms with Crippen molar-refractivity contribution in [3.05, 3.63) is 32.9 Å². The van der Waals surface area contributed by atoms with Gasteiger partial charge in [-0.25, -0.2) is 14.2 Å². The highest BCUT2D eigenvalue weighted by atomic mass is 19.1. The first kappa shape index (κ1) is 12.2. The summed E-state index contributed by atoms with van der Waals surface area (Å²) in [6.45, 7) is 5.12. The highest BCUT2D eigenvalue weighted by Gasteiger charge is 2.17. The van der Waals surface area contributed by atoms with E-state index < -0.39 is 28.6 Å². The fourth-order valence-corrected chi connectivity index (χ4v) is 0.980. The molecule has 0 aliphatic rings. The maximum absolute atomic E-state index is 12.9. The molecule has 0 aliphatic carbocycles. The Bertz CT molecular complexity index is 524. The third-order valence-electron chi connectivity index (χ3n) is 1.60. The second-order valence-electron chi connectivity index (χ2n) is 4.29. The normalized spacial score (nSPS) is 11.2. The van der Waals surface area contributed by atoms with E-state index in [4.69, 9.17) is 0 Å². The summed E-state index contributed by atoms with van der Waals surface area (Å²) in [5, 5.41) is 2.46. The van der Waals surface area contributed by atoms with Crippen molar-refractivity contribution < 1.29 is 9.18 Å². The second-order valence-corrected chi connectivity index (χ2v) is 4.29. The minimum absolute atomic E-state index is 0.474. The minimum atomic E-state index is -1.19. The van der Waals surface area contributed by atoms with Crippen LogP contribution in [0.3, 0.4) is 0 Å². The van der Waals surface area contributed by atoms with Crippen molar-refractivity contribution in [2.75, 3.05) is 0 Å². The third kappa shape index (κ3) is 2.78. The quantitative estimate of drug-likeness (QED) is 0.658. The van der Waals surface area contributed by atoms with E-state index in [-0.39, 0.29) is 0 Å². The number of amides is 1. The van der Waals surface area contributed by atoms with Gasteiger partial charge < -0.3 is 5.32 Å². The molecule has 0 aliphatic heterocycles. The lowest BCUT2D eigenvalue weighted by Crippen LogP contribution is -2.47. The van der Waals surface area contributed by atoms with Crippen LogP contribution in [0.25, 0.3) is 0 Å². The van der Waals surface area contributed by atoms with Crippen LogP contribution in [-0.2, 0) is 0 Å². The van der Waals surface area contributed by atoms with Gasteiger partial charge in [-0.05, 0) is 20.8 Å². The summed E-state index contributed by atoms with van der Waals surface area (Å²) in [5.41, 5.74) is -2.69. The Morgan fingerprint density at radius 1 is 1.44 bits per heavy atom. The van der Waals surface area contributed by atoms with E-state index in [2.05, 4.69) is 5.32 Å². The highest BCUT2D eigenvalue weighted by molar-refractivity contribution is 5.76. The predicted octanol–water partition coefficient (Wildman–Crippen LogP) is 0.0319. The molecule has 0 bridgehead atoms. The van der Waals surface area contributed by atoms with Crippen LogP contribution >= 0.6 is 0 Å². The zero-order valence-electron chi connectivity index (χ0n) is 9.13. The molecule has 0 unspecified atom stereocenters. The summed E-state index contributed by atoms with van der Waals surface area (Å²) in [6.07, 6.45) is 0.558. The van der Waals surface area contributed by atoms with Gasteiger partial charge in [-0.2, -0.15) is 4.39 Å². The molecule has 1 rings (SSSR count). The van der Waals surface area contributed by atoms with Crippen molar-refractivity contribution in [2.24, 2.45) is 0 Å². The molecule has 0 atom stereocenters. The molecular formula is C9H12FN3O3. The molecule has 1 aromatic rings. The monoisotopic (exact) mass is 229 g/mol. The van der Waals surface area contributed by atoms with E-state index >= 15 is 0 Å². The number of hydrogen-bond donors (Lipinski definition) is 2. The number of H-pyrrole nitrogens is 1. The van der Waals surface area contributed by atoms with Gasteiger partial charge in [0, 0.05) is 5.54 Å². The Morgan fingerprint density at radius 2 is 2.00 bits per heavy atom. The summed E-state index contributed by atoms with van der Waals surface area (Å²) < 4.78 is 13.3. The largest absolute Gasteiger partial charge is 0.336 e. The van der Waals surface area contributed by atoms with Gasteiger partial charge in [-0.3, -0.25) is 9.78 Å². The number of halogens is 1. The van der Waals surface area contributed by atoms with Gasteiger partial charge in [0.05, 0.1) is 6.20 Å². The Balaban J connectivity index is 3.15. The fourth-order valence-electron chi connectivity index (χ4n) is 0.980. The van der Waals surface area contributed by atoms with E-state index in [1.807, 2.05) is 0 Å². The van der Waals surface area contributed by atoms with Crippen LogP contribution in [0.4, 0.5) is 9.18 Å². The van der Waals surface area contributed by atoms with Crippen LogP contribution in [-0.4, -0.2) is 21.1 Å². The maximum Gasteiger partial charge on any atom is 0.336 e. The maximum atomic E-state index is 12.9. The molecule has 1 aromatic heterocycles. The van der Waals surface area contributed by atoms with Crippen molar-refractivity contribution >= 4 is 6.03 Å². The predicted molar refractivity (Wildman–Crippen MR) is 55.0 cm³/mol. The summed E-state index contributed by atoms with van der Waals surface area (Å²) in [5.74, 6) is -1.19. The first-order valence-corrected chi connectivity index (χ1v) is 4.55. The van der Waals surface area contributed by atoms with Crippen LogP contribution in [0, 0.1) is 5.82 Å². The molecule has 1 heterocycles. The van der Waals surface area contributed by atoms with Crippen molar-refractivity contribution in [2.45, 2.75) is 26.3 Å². The molecule has 0 fully saturated rings. The molecule has 1 amide bonds. The standard InChI is InChI=1S/C9H12FN3O3/c1-9(2,3)12-8(16)13-4-5(10)6(14)11-7(13)15/h4H,1-3H3,(H,12,16)(H,11,14,15). The lowest BCUT2D eigenvalue weighted by atomic mass is 10.1. The number of nitrogens with zero attached hydrogens (tertiary/aromatic N) is 1. The summed E-state index contributed by atoms with van der Waals surface area (Å²) in [6, 6.07) is -0.798. The van der Waals surface area contributed by atoms with E-state index in [1.54, 1.807) is 25.8 Å². The topological polar surface area (TPSA) is 84.0 Å². The summed E-state index contributed by atoms with van der Waals surface area (Å²) in [7, 11) is 0. The fraction of sp³-hybridized carbons (Fsp3) is 0.444. The third-order valence-corrected chi connectivity index (χ3v) is 1.60. The SMILES string of the molecule is CC(C)(C)NC(=O)n1cc(F)c(=O)[nH]c1=O. The summed E-state index contributed by atoms with van der Waals surface area (Å²) in [4.78, 5) is 35.1. The Hall–Kier alpha value is -1.92. The van der Waals surface area contributed by atoms with Crippen molar-refractivity contribution in [3.8, 4) is 0 Å². The van der Waals surface area contributed by atoms with Crippen LogP contribution in [0.15, 0.2) is 15.8 Å². The van der Waals surface area contributed by atoms with E-state index in [9.17, 15) is 18.8 Å². The van der Waals surface area contributed by atoms with E-state index in [1.165, 1.54) is 0 Å². The molecule has 88 valence electrons. The number of hydrogen-bond acceptors (Lipinski definition) is 3. The van der Waals surface area contributed by atoms with Gasteiger partial charge in [-0.15, -0.1) is 0 Å². The molecule has 16 heavy (non-hydrogen) atoms. The summed E-state index contributed by atoms with van der Waals surface area (Å²) >= 11 is 0. The first-order valence-electron chi connectivity index (χ1n) is 4.55. The Labute approximate surface area is 90.1 Å². The molecule has 0 radical (unpaired) electrons. The van der Waals surface area contributed by atoms with Crippen molar-refractivity contribution in [1.82, 2.24) is 14.9 Å². The molecule has 0 spiro atoms. The number of carbonyl (C=O) groups excluding carboxylic acids is 1. The molecule has 0 aromatic carbocycles. The van der Waals surface area contributed by atoms with Gasteiger partial charge in [0.25, 0.3) is 5.56 Å². The zero-order chi connectivity index (χ0) is 12.5. The first-order chi connectivity index (χ1) is 7.20. The number of rotatable bonds is 0. The lowest BCUT2D eigenvalue weighted by molar-refractivity contribution is 0.232. The van der Waals surface area contributed by atoms with E-state index in [0.717, 1.165) is 0 Å². The smallest absolute Gasteiger partial charge is 0.333 e. The molecule has 0 saturated heterocycles. The van der Waals surface area contributed by atoms with Gasteiger partial charge in [0.15, 0.2) is 0 Å². The number of carbonyl (C=O) groups is 1. The van der Waals surface area contributed by atoms with E-state index in [0.29, 0.717) is 10.8 Å². The minimum Gasteiger partial charge on any atom is -0.333 e. The van der Waals surface area contributed by atoms with Crippen LogP contribution in [0.1, 0.15) is 20.8 Å². The molecule has 7 heteroatoms. The number of aromatic nitrogens is 2. The Kier molecular flexibility index (Phi) is 2.97. The highest BCUT2D eigenvalue weighted by Crippen LogP contribution is 1.98. The molecule has 6 nitrogen and oxygen atoms in total. The average Bonchev–Trinajstić information content (AvgIpc) is 2.08. The number of nitrogens with one attached hydrogen (secondary N) is 2.